The van der Waals surface area contributed by atoms with Crippen LogP contribution in [0.5, 0.6) is 0 Å². The molecule has 0 saturated heterocycles. The number of nitrogens with zero attached hydrogens (tertiary/aromatic N) is 1. The summed E-state index contributed by atoms with van der Waals surface area (Å²) in [5, 5.41) is 0. The van der Waals surface area contributed by atoms with Crippen molar-refractivity contribution in [2.24, 2.45) is 0 Å². The van der Waals surface area contributed by atoms with E-state index >= 15 is 0 Å². The SMILES string of the molecule is C=CCNS(=O)(=O)c1ccc2nc[nH]c2c1. The van der Waals surface area contributed by atoms with Gasteiger partial charge in [-0.05, 0) is 18.2 Å². The summed E-state index contributed by atoms with van der Waals surface area (Å²) < 4.78 is 25.9. The van der Waals surface area contributed by atoms with Gasteiger partial charge in [-0.1, -0.05) is 6.08 Å². The third-order valence-electron chi connectivity index (χ3n) is 2.12. The van der Waals surface area contributed by atoms with E-state index in [4.69, 9.17) is 0 Å². The zero-order valence-electron chi connectivity index (χ0n) is 8.47. The summed E-state index contributed by atoms with van der Waals surface area (Å²) in [6, 6.07) is 4.73. The fourth-order valence-corrected chi connectivity index (χ4v) is 2.36. The minimum Gasteiger partial charge on any atom is -0.345 e. The molecule has 2 rings (SSSR count). The number of hydrogen-bond acceptors (Lipinski definition) is 3. The first-order chi connectivity index (χ1) is 7.63. The van der Waals surface area contributed by atoms with Crippen LogP contribution >= 0.6 is 0 Å². The van der Waals surface area contributed by atoms with Crippen molar-refractivity contribution in [1.29, 1.82) is 0 Å². The van der Waals surface area contributed by atoms with Crippen molar-refractivity contribution in [3.05, 3.63) is 37.2 Å². The Hall–Kier alpha value is -1.66. The lowest BCUT2D eigenvalue weighted by Gasteiger charge is -2.03. The van der Waals surface area contributed by atoms with Gasteiger partial charge < -0.3 is 4.98 Å². The van der Waals surface area contributed by atoms with Gasteiger partial charge in [0.2, 0.25) is 10.0 Å². The third kappa shape index (κ3) is 1.98. The first-order valence-electron chi connectivity index (χ1n) is 4.67. The van der Waals surface area contributed by atoms with E-state index in [1.165, 1.54) is 18.5 Å². The fraction of sp³-hybridized carbons (Fsp3) is 0.100. The van der Waals surface area contributed by atoms with E-state index in [-0.39, 0.29) is 11.4 Å². The molecule has 2 aromatic rings. The number of fused-ring (bicyclic) bond motifs is 1. The van der Waals surface area contributed by atoms with E-state index in [1.54, 1.807) is 12.1 Å². The predicted molar refractivity (Wildman–Crippen MR) is 61.5 cm³/mol. The molecular weight excluding hydrogens is 226 g/mol. The highest BCUT2D eigenvalue weighted by molar-refractivity contribution is 7.89. The molecule has 6 heteroatoms. The topological polar surface area (TPSA) is 74.8 Å². The van der Waals surface area contributed by atoms with Crippen LogP contribution in [-0.4, -0.2) is 24.9 Å². The molecule has 1 heterocycles. The van der Waals surface area contributed by atoms with Crippen LogP contribution in [0.2, 0.25) is 0 Å². The molecular formula is C10H11N3O2S. The quantitative estimate of drug-likeness (QED) is 0.780. The molecule has 0 saturated carbocycles. The van der Waals surface area contributed by atoms with Crippen LogP contribution in [-0.2, 0) is 10.0 Å². The number of sulfonamides is 1. The Morgan fingerprint density at radius 1 is 1.50 bits per heavy atom. The van der Waals surface area contributed by atoms with Crippen LogP contribution in [0, 0.1) is 0 Å². The van der Waals surface area contributed by atoms with Crippen molar-refractivity contribution in [2.45, 2.75) is 4.90 Å². The number of hydrogen-bond donors (Lipinski definition) is 2. The number of aromatic nitrogens is 2. The average Bonchev–Trinajstić information content (AvgIpc) is 2.73. The number of H-pyrrole nitrogens is 1. The van der Waals surface area contributed by atoms with Gasteiger partial charge in [-0.3, -0.25) is 0 Å². The molecule has 2 N–H and O–H groups in total. The van der Waals surface area contributed by atoms with E-state index < -0.39 is 10.0 Å². The van der Waals surface area contributed by atoms with Gasteiger partial charge in [0.05, 0.1) is 22.3 Å². The molecule has 0 fully saturated rings. The fourth-order valence-electron chi connectivity index (χ4n) is 1.33. The maximum Gasteiger partial charge on any atom is 0.240 e. The zero-order chi connectivity index (χ0) is 11.6. The second kappa shape index (κ2) is 4.07. The van der Waals surface area contributed by atoms with E-state index in [0.29, 0.717) is 5.52 Å². The Labute approximate surface area is 93.3 Å². The maximum atomic E-state index is 11.8. The summed E-state index contributed by atoms with van der Waals surface area (Å²) in [5.74, 6) is 0. The van der Waals surface area contributed by atoms with Crippen LogP contribution in [0.3, 0.4) is 0 Å². The molecule has 0 aliphatic heterocycles. The summed E-state index contributed by atoms with van der Waals surface area (Å²) in [4.78, 5) is 7.10. The second-order valence-corrected chi connectivity index (χ2v) is 4.99. The number of benzene rings is 1. The lowest BCUT2D eigenvalue weighted by atomic mass is 10.3. The number of rotatable bonds is 4. The molecule has 0 bridgehead atoms. The van der Waals surface area contributed by atoms with Gasteiger partial charge >= 0.3 is 0 Å². The molecule has 0 amide bonds. The molecule has 0 aliphatic rings. The lowest BCUT2D eigenvalue weighted by molar-refractivity contribution is 0.586. The van der Waals surface area contributed by atoms with Crippen LogP contribution in [0.1, 0.15) is 0 Å². The minimum absolute atomic E-state index is 0.212. The van der Waals surface area contributed by atoms with Crippen molar-refractivity contribution in [1.82, 2.24) is 14.7 Å². The van der Waals surface area contributed by atoms with Crippen LogP contribution in [0.4, 0.5) is 0 Å². The Balaban J connectivity index is 2.42. The van der Waals surface area contributed by atoms with Crippen molar-refractivity contribution in [3.63, 3.8) is 0 Å². The molecule has 1 aromatic heterocycles. The zero-order valence-corrected chi connectivity index (χ0v) is 9.29. The third-order valence-corrected chi connectivity index (χ3v) is 3.54. The Morgan fingerprint density at radius 3 is 3.06 bits per heavy atom. The smallest absolute Gasteiger partial charge is 0.240 e. The van der Waals surface area contributed by atoms with Crippen molar-refractivity contribution < 1.29 is 8.42 Å². The van der Waals surface area contributed by atoms with E-state index in [2.05, 4.69) is 21.3 Å². The summed E-state index contributed by atoms with van der Waals surface area (Å²) in [5.41, 5.74) is 1.43. The standard InChI is InChI=1S/C10H11N3O2S/c1-2-5-13-16(14,15)8-3-4-9-10(6-8)12-7-11-9/h2-4,6-7,13H,1,5H2,(H,11,12). The Bertz CT molecular complexity index is 616. The maximum absolute atomic E-state index is 11.8. The van der Waals surface area contributed by atoms with Crippen molar-refractivity contribution in [3.8, 4) is 0 Å². The molecule has 0 spiro atoms. The average molecular weight is 237 g/mol. The summed E-state index contributed by atoms with van der Waals surface area (Å²) in [6.07, 6.45) is 3.02. The van der Waals surface area contributed by atoms with Crippen LogP contribution < -0.4 is 4.72 Å². The first kappa shape index (κ1) is 10.8. The number of imidazole rings is 1. The van der Waals surface area contributed by atoms with E-state index in [0.717, 1.165) is 5.52 Å². The summed E-state index contributed by atoms with van der Waals surface area (Å²) in [6.45, 7) is 3.67. The monoisotopic (exact) mass is 237 g/mol. The van der Waals surface area contributed by atoms with Crippen molar-refractivity contribution in [2.75, 3.05) is 6.54 Å². The second-order valence-electron chi connectivity index (χ2n) is 3.22. The van der Waals surface area contributed by atoms with Gasteiger partial charge in [0, 0.05) is 6.54 Å². The highest BCUT2D eigenvalue weighted by Crippen LogP contribution is 2.15. The van der Waals surface area contributed by atoms with Crippen LogP contribution in [0.15, 0.2) is 42.1 Å². The van der Waals surface area contributed by atoms with Gasteiger partial charge in [-0.15, -0.1) is 6.58 Å². The minimum atomic E-state index is -3.46. The number of nitrogens with one attached hydrogen (secondary N) is 2. The normalized spacial score (nSPS) is 11.8. The van der Waals surface area contributed by atoms with Crippen LogP contribution in [0.25, 0.3) is 11.0 Å². The van der Waals surface area contributed by atoms with Crippen molar-refractivity contribution >= 4 is 21.1 Å². The lowest BCUT2D eigenvalue weighted by Crippen LogP contribution is -2.23. The molecule has 0 radical (unpaired) electrons. The summed E-state index contributed by atoms with van der Waals surface area (Å²) >= 11 is 0. The molecule has 1 aromatic carbocycles. The predicted octanol–water partition coefficient (Wildman–Crippen LogP) is 1.03. The largest absolute Gasteiger partial charge is 0.345 e. The van der Waals surface area contributed by atoms with Gasteiger partial charge in [0.1, 0.15) is 0 Å². The van der Waals surface area contributed by atoms with E-state index in [9.17, 15) is 8.42 Å². The van der Waals surface area contributed by atoms with Gasteiger partial charge in [-0.2, -0.15) is 0 Å². The number of aromatic amines is 1. The van der Waals surface area contributed by atoms with Gasteiger partial charge in [-0.25, -0.2) is 18.1 Å². The highest BCUT2D eigenvalue weighted by atomic mass is 32.2. The van der Waals surface area contributed by atoms with E-state index in [1.807, 2.05) is 0 Å². The molecule has 16 heavy (non-hydrogen) atoms. The Kier molecular flexibility index (Phi) is 2.76. The molecule has 84 valence electrons. The Morgan fingerprint density at radius 2 is 2.31 bits per heavy atom. The van der Waals surface area contributed by atoms with Gasteiger partial charge in [0.25, 0.3) is 0 Å². The molecule has 5 nitrogen and oxygen atoms in total. The first-order valence-corrected chi connectivity index (χ1v) is 6.15. The van der Waals surface area contributed by atoms with Gasteiger partial charge in [0.15, 0.2) is 0 Å². The molecule has 0 aliphatic carbocycles. The highest BCUT2D eigenvalue weighted by Gasteiger charge is 2.13. The molecule has 0 atom stereocenters. The summed E-state index contributed by atoms with van der Waals surface area (Å²) in [7, 11) is -3.46. The molecule has 0 unspecified atom stereocenters.